The van der Waals surface area contributed by atoms with Gasteiger partial charge in [-0.05, 0) is 33.1 Å². The molecule has 190 valence electrons. The summed E-state index contributed by atoms with van der Waals surface area (Å²) < 4.78 is 11.7. The zero-order valence-electron chi connectivity index (χ0n) is 22.7. The van der Waals surface area contributed by atoms with Crippen LogP contribution in [0, 0.1) is 0 Å². The summed E-state index contributed by atoms with van der Waals surface area (Å²) in [5.74, 6) is -0.762. The minimum absolute atomic E-state index is 0.00695. The van der Waals surface area contributed by atoms with Crippen LogP contribution < -0.4 is 0 Å². The number of carbonyl (C=O) groups is 2. The standard InChI is InChI=1S/C32H38O4/c1-21(33)35-29(23-13-17-25(18-14-23)31(3,4)5)27-11-9-10-12-28(27)30(36-22(2)34)24-15-19-26(20-16-24)32(6,7)8/h9-20,29-30H,1-8H3. The van der Waals surface area contributed by atoms with Gasteiger partial charge in [0, 0.05) is 25.0 Å². The highest BCUT2D eigenvalue weighted by atomic mass is 16.5. The predicted octanol–water partition coefficient (Wildman–Crippen LogP) is 7.59. The van der Waals surface area contributed by atoms with E-state index in [1.54, 1.807) is 0 Å². The van der Waals surface area contributed by atoms with Gasteiger partial charge in [-0.1, -0.05) is 114 Å². The summed E-state index contributed by atoms with van der Waals surface area (Å²) in [7, 11) is 0. The number of hydrogen-bond acceptors (Lipinski definition) is 4. The topological polar surface area (TPSA) is 52.6 Å². The number of carbonyl (C=O) groups excluding carboxylic acids is 2. The monoisotopic (exact) mass is 486 g/mol. The van der Waals surface area contributed by atoms with Crippen LogP contribution >= 0.6 is 0 Å². The first-order valence-electron chi connectivity index (χ1n) is 12.4. The van der Waals surface area contributed by atoms with Crippen LogP contribution in [0.15, 0.2) is 72.8 Å². The maximum Gasteiger partial charge on any atom is 0.303 e. The van der Waals surface area contributed by atoms with E-state index in [-0.39, 0.29) is 22.8 Å². The minimum atomic E-state index is -0.639. The van der Waals surface area contributed by atoms with Crippen molar-refractivity contribution in [2.45, 2.75) is 78.4 Å². The molecule has 0 aliphatic rings. The lowest BCUT2D eigenvalue weighted by Crippen LogP contribution is -2.18. The molecule has 36 heavy (non-hydrogen) atoms. The van der Waals surface area contributed by atoms with E-state index in [1.165, 1.54) is 25.0 Å². The van der Waals surface area contributed by atoms with Crippen molar-refractivity contribution < 1.29 is 19.1 Å². The van der Waals surface area contributed by atoms with E-state index in [2.05, 4.69) is 65.8 Å². The third-order valence-electron chi connectivity index (χ3n) is 6.29. The van der Waals surface area contributed by atoms with Gasteiger partial charge in [0.25, 0.3) is 0 Å². The molecule has 0 N–H and O–H groups in total. The van der Waals surface area contributed by atoms with E-state index in [0.29, 0.717) is 0 Å². The molecule has 0 aliphatic carbocycles. The van der Waals surface area contributed by atoms with Crippen LogP contribution in [0.25, 0.3) is 0 Å². The number of rotatable bonds is 6. The molecule has 0 saturated heterocycles. The van der Waals surface area contributed by atoms with E-state index in [9.17, 15) is 9.59 Å². The van der Waals surface area contributed by atoms with Crippen molar-refractivity contribution in [1.29, 1.82) is 0 Å². The molecule has 3 aromatic carbocycles. The highest BCUT2D eigenvalue weighted by molar-refractivity contribution is 5.68. The van der Waals surface area contributed by atoms with Crippen LogP contribution in [-0.4, -0.2) is 11.9 Å². The smallest absolute Gasteiger partial charge is 0.303 e. The van der Waals surface area contributed by atoms with Gasteiger partial charge in [-0.3, -0.25) is 9.59 Å². The molecule has 0 aliphatic heterocycles. The summed E-state index contributed by atoms with van der Waals surface area (Å²) in [5, 5.41) is 0. The number of ether oxygens (including phenoxy) is 2. The van der Waals surface area contributed by atoms with Gasteiger partial charge >= 0.3 is 11.9 Å². The maximum absolute atomic E-state index is 12.2. The van der Waals surface area contributed by atoms with Crippen molar-refractivity contribution in [3.05, 3.63) is 106 Å². The van der Waals surface area contributed by atoms with Gasteiger partial charge in [-0.15, -0.1) is 0 Å². The fourth-order valence-electron chi connectivity index (χ4n) is 4.26. The summed E-state index contributed by atoms with van der Waals surface area (Å²) in [6.45, 7) is 15.8. The summed E-state index contributed by atoms with van der Waals surface area (Å²) >= 11 is 0. The molecule has 3 rings (SSSR count). The molecular formula is C32H38O4. The van der Waals surface area contributed by atoms with E-state index in [0.717, 1.165) is 22.3 Å². The molecule has 0 radical (unpaired) electrons. The molecule has 2 atom stereocenters. The molecule has 0 amide bonds. The molecule has 2 unspecified atom stereocenters. The Morgan fingerprint density at radius 2 is 0.861 bits per heavy atom. The largest absolute Gasteiger partial charge is 0.453 e. The highest BCUT2D eigenvalue weighted by Crippen LogP contribution is 2.37. The number of hydrogen-bond donors (Lipinski definition) is 0. The third kappa shape index (κ3) is 6.63. The van der Waals surface area contributed by atoms with E-state index in [1.807, 2.05) is 48.5 Å². The van der Waals surface area contributed by atoms with Gasteiger partial charge in [-0.2, -0.15) is 0 Å². The Balaban J connectivity index is 2.13. The fraction of sp³-hybridized carbons (Fsp3) is 0.375. The second-order valence-electron chi connectivity index (χ2n) is 11.4. The fourth-order valence-corrected chi connectivity index (χ4v) is 4.26. The average molecular weight is 487 g/mol. The molecule has 0 aromatic heterocycles. The number of benzene rings is 3. The third-order valence-corrected chi connectivity index (χ3v) is 6.29. The Kier molecular flexibility index (Phi) is 8.08. The van der Waals surface area contributed by atoms with E-state index >= 15 is 0 Å². The van der Waals surface area contributed by atoms with Gasteiger partial charge in [0.1, 0.15) is 0 Å². The SMILES string of the molecule is CC(=O)OC(c1ccc(C(C)(C)C)cc1)c1ccccc1C(OC(C)=O)c1ccc(C(C)(C)C)cc1. The van der Waals surface area contributed by atoms with Crippen LogP contribution in [0.3, 0.4) is 0 Å². The highest BCUT2D eigenvalue weighted by Gasteiger charge is 2.28. The molecule has 0 spiro atoms. The second kappa shape index (κ2) is 10.7. The predicted molar refractivity (Wildman–Crippen MR) is 144 cm³/mol. The van der Waals surface area contributed by atoms with Crippen LogP contribution in [0.2, 0.25) is 0 Å². The first kappa shape index (κ1) is 27.2. The van der Waals surface area contributed by atoms with Gasteiger partial charge in [0.2, 0.25) is 0 Å². The number of esters is 2. The molecule has 0 heterocycles. The first-order chi connectivity index (χ1) is 16.8. The minimum Gasteiger partial charge on any atom is -0.453 e. The lowest BCUT2D eigenvalue weighted by molar-refractivity contribution is -0.146. The van der Waals surface area contributed by atoms with Crippen LogP contribution in [-0.2, 0) is 29.9 Å². The molecular weight excluding hydrogens is 448 g/mol. The quantitative estimate of drug-likeness (QED) is 0.337. The molecule has 3 aromatic rings. The summed E-state index contributed by atoms with van der Waals surface area (Å²) in [6, 6.07) is 24.0. The summed E-state index contributed by atoms with van der Waals surface area (Å²) in [5.41, 5.74) is 5.67. The van der Waals surface area contributed by atoms with Crippen molar-refractivity contribution in [2.24, 2.45) is 0 Å². The van der Waals surface area contributed by atoms with E-state index in [4.69, 9.17) is 9.47 Å². The zero-order chi connectivity index (χ0) is 26.7. The Morgan fingerprint density at radius 1 is 0.556 bits per heavy atom. The van der Waals surface area contributed by atoms with Crippen molar-refractivity contribution >= 4 is 11.9 Å². The molecule has 0 saturated carbocycles. The summed E-state index contributed by atoms with van der Waals surface area (Å²) in [4.78, 5) is 24.4. The van der Waals surface area contributed by atoms with Crippen LogP contribution in [0.4, 0.5) is 0 Å². The van der Waals surface area contributed by atoms with Gasteiger partial charge in [-0.25, -0.2) is 0 Å². The van der Waals surface area contributed by atoms with Gasteiger partial charge in [0.05, 0.1) is 0 Å². The average Bonchev–Trinajstić information content (AvgIpc) is 2.80. The molecule has 4 heteroatoms. The first-order valence-corrected chi connectivity index (χ1v) is 12.4. The Morgan fingerprint density at radius 3 is 1.11 bits per heavy atom. The van der Waals surface area contributed by atoms with Crippen molar-refractivity contribution in [2.75, 3.05) is 0 Å². The Bertz CT molecular complexity index is 1100. The van der Waals surface area contributed by atoms with Crippen LogP contribution in [0.1, 0.15) is 101 Å². The second-order valence-corrected chi connectivity index (χ2v) is 11.4. The van der Waals surface area contributed by atoms with Gasteiger partial charge < -0.3 is 9.47 Å². The lowest BCUT2D eigenvalue weighted by atomic mass is 9.84. The van der Waals surface area contributed by atoms with Crippen molar-refractivity contribution in [3.8, 4) is 0 Å². The molecule has 4 nitrogen and oxygen atoms in total. The lowest BCUT2D eigenvalue weighted by Gasteiger charge is -2.27. The summed E-state index contributed by atoms with van der Waals surface area (Å²) in [6.07, 6.45) is -1.28. The van der Waals surface area contributed by atoms with Crippen molar-refractivity contribution in [1.82, 2.24) is 0 Å². The van der Waals surface area contributed by atoms with Crippen LogP contribution in [0.5, 0.6) is 0 Å². The van der Waals surface area contributed by atoms with E-state index < -0.39 is 12.2 Å². The Hall–Kier alpha value is -3.40. The molecule has 0 fully saturated rings. The maximum atomic E-state index is 12.2. The molecule has 0 bridgehead atoms. The zero-order valence-corrected chi connectivity index (χ0v) is 22.7. The Labute approximate surface area is 215 Å². The normalized spacial score (nSPS) is 13.6. The van der Waals surface area contributed by atoms with Gasteiger partial charge in [0.15, 0.2) is 12.2 Å². The van der Waals surface area contributed by atoms with Crippen molar-refractivity contribution in [3.63, 3.8) is 0 Å².